The van der Waals surface area contributed by atoms with Crippen LogP contribution in [-0.4, -0.2) is 42.6 Å². The molecule has 1 fully saturated rings. The van der Waals surface area contributed by atoms with Crippen molar-refractivity contribution < 1.29 is 9.13 Å². The van der Waals surface area contributed by atoms with Crippen LogP contribution in [-0.2, 0) is 0 Å². The summed E-state index contributed by atoms with van der Waals surface area (Å²) in [6, 6.07) is 6.24. The van der Waals surface area contributed by atoms with Crippen molar-refractivity contribution in [2.75, 3.05) is 37.7 Å². The second-order valence-corrected chi connectivity index (χ2v) is 6.40. The van der Waals surface area contributed by atoms with Gasteiger partial charge in [0, 0.05) is 24.6 Å². The zero-order valence-electron chi connectivity index (χ0n) is 12.4. The number of ether oxygens (including phenoxy) is 1. The minimum Gasteiger partial charge on any atom is -0.494 e. The van der Waals surface area contributed by atoms with E-state index in [-0.39, 0.29) is 18.2 Å². The van der Waals surface area contributed by atoms with E-state index in [1.165, 1.54) is 62.5 Å². The van der Waals surface area contributed by atoms with Crippen LogP contribution in [0, 0.1) is 5.82 Å². The first-order valence-corrected chi connectivity index (χ1v) is 8.68. The van der Waals surface area contributed by atoms with Crippen molar-refractivity contribution in [2.24, 2.45) is 0 Å². The highest BCUT2D eigenvalue weighted by molar-refractivity contribution is 7.99. The van der Waals surface area contributed by atoms with E-state index < -0.39 is 0 Å². The van der Waals surface area contributed by atoms with Crippen molar-refractivity contribution in [3.8, 4) is 5.75 Å². The van der Waals surface area contributed by atoms with E-state index in [0.29, 0.717) is 0 Å². The molecule has 1 aliphatic heterocycles. The molecule has 0 N–H and O–H groups in total. The number of halogens is 2. The maximum Gasteiger partial charge on any atom is 0.123 e. The largest absolute Gasteiger partial charge is 0.494 e. The molecule has 1 aliphatic rings. The summed E-state index contributed by atoms with van der Waals surface area (Å²) in [5, 5.41) is 0. The van der Waals surface area contributed by atoms with Gasteiger partial charge in [0.1, 0.15) is 11.6 Å². The van der Waals surface area contributed by atoms with Crippen LogP contribution in [0.25, 0.3) is 0 Å². The maximum absolute atomic E-state index is 12.7. The lowest BCUT2D eigenvalue weighted by Gasteiger charge is -2.25. The molecule has 2 rings (SSSR count). The Kier molecular flexibility index (Phi) is 9.89. The number of nitrogens with zero attached hydrogens (tertiary/aromatic N) is 1. The molecule has 0 atom stereocenters. The highest BCUT2D eigenvalue weighted by Crippen LogP contribution is 2.13. The van der Waals surface area contributed by atoms with Gasteiger partial charge in [-0.2, -0.15) is 11.8 Å². The molecular weight excluding hydrogens is 309 g/mol. The average Bonchev–Trinajstić information content (AvgIpc) is 2.49. The smallest absolute Gasteiger partial charge is 0.123 e. The van der Waals surface area contributed by atoms with E-state index in [0.717, 1.165) is 18.8 Å². The quantitative estimate of drug-likeness (QED) is 0.660. The lowest BCUT2D eigenvalue weighted by molar-refractivity contribution is 0.284. The van der Waals surface area contributed by atoms with Crippen molar-refractivity contribution in [3.63, 3.8) is 0 Å². The van der Waals surface area contributed by atoms with Crippen molar-refractivity contribution in [2.45, 2.75) is 25.7 Å². The number of unbranched alkanes of at least 4 members (excludes halogenated alkanes) is 3. The Morgan fingerprint density at radius 3 is 2.38 bits per heavy atom. The predicted octanol–water partition coefficient (Wildman–Crippen LogP) is 4.24. The van der Waals surface area contributed by atoms with Crippen LogP contribution in [0.3, 0.4) is 0 Å². The minimum atomic E-state index is -0.214. The maximum atomic E-state index is 12.7. The lowest BCUT2D eigenvalue weighted by Crippen LogP contribution is -2.33. The molecule has 0 amide bonds. The molecule has 120 valence electrons. The van der Waals surface area contributed by atoms with Crippen molar-refractivity contribution in [3.05, 3.63) is 30.1 Å². The van der Waals surface area contributed by atoms with Gasteiger partial charge in [-0.05, 0) is 43.7 Å². The van der Waals surface area contributed by atoms with Gasteiger partial charge in [0.15, 0.2) is 0 Å². The van der Waals surface area contributed by atoms with Crippen LogP contribution in [0.4, 0.5) is 4.39 Å². The van der Waals surface area contributed by atoms with E-state index in [1.54, 1.807) is 12.1 Å². The summed E-state index contributed by atoms with van der Waals surface area (Å²) in [7, 11) is 0. The molecule has 0 aromatic heterocycles. The zero-order chi connectivity index (χ0) is 14.0. The Hall–Kier alpha value is -0.450. The van der Waals surface area contributed by atoms with Crippen molar-refractivity contribution in [1.29, 1.82) is 0 Å². The monoisotopic (exact) mass is 333 g/mol. The number of benzene rings is 1. The van der Waals surface area contributed by atoms with Gasteiger partial charge in [0.2, 0.25) is 0 Å². The molecule has 0 saturated carbocycles. The van der Waals surface area contributed by atoms with Crippen LogP contribution in [0.15, 0.2) is 24.3 Å². The highest BCUT2D eigenvalue weighted by atomic mass is 35.5. The van der Waals surface area contributed by atoms with E-state index in [1.807, 2.05) is 0 Å². The van der Waals surface area contributed by atoms with Crippen LogP contribution in [0.5, 0.6) is 5.75 Å². The molecule has 5 heteroatoms. The van der Waals surface area contributed by atoms with E-state index in [4.69, 9.17) is 4.74 Å². The van der Waals surface area contributed by atoms with Gasteiger partial charge in [-0.25, -0.2) is 4.39 Å². The SMILES string of the molecule is Cl.Fc1ccc(OCCCCCCN2CCSCC2)cc1. The van der Waals surface area contributed by atoms with Gasteiger partial charge in [-0.3, -0.25) is 0 Å². The molecular formula is C16H25ClFNOS. The molecule has 2 nitrogen and oxygen atoms in total. The number of rotatable bonds is 8. The molecule has 1 saturated heterocycles. The van der Waals surface area contributed by atoms with Crippen LogP contribution in [0.2, 0.25) is 0 Å². The fourth-order valence-corrected chi connectivity index (χ4v) is 3.32. The van der Waals surface area contributed by atoms with E-state index in [2.05, 4.69) is 16.7 Å². The second-order valence-electron chi connectivity index (χ2n) is 5.17. The van der Waals surface area contributed by atoms with Crippen LogP contribution < -0.4 is 4.74 Å². The van der Waals surface area contributed by atoms with Gasteiger partial charge in [0.25, 0.3) is 0 Å². The van der Waals surface area contributed by atoms with Gasteiger partial charge >= 0.3 is 0 Å². The Morgan fingerprint density at radius 1 is 1.00 bits per heavy atom. The summed E-state index contributed by atoms with van der Waals surface area (Å²) in [6.07, 6.45) is 4.86. The number of hydrogen-bond acceptors (Lipinski definition) is 3. The van der Waals surface area contributed by atoms with Gasteiger partial charge in [-0.1, -0.05) is 12.8 Å². The molecule has 1 aromatic rings. The molecule has 1 heterocycles. The number of hydrogen-bond donors (Lipinski definition) is 0. The Balaban J connectivity index is 0.00000220. The Labute approximate surface area is 137 Å². The third-order valence-electron chi connectivity index (χ3n) is 3.55. The molecule has 0 unspecified atom stereocenters. The third-order valence-corrected chi connectivity index (χ3v) is 4.50. The van der Waals surface area contributed by atoms with Gasteiger partial charge < -0.3 is 9.64 Å². The van der Waals surface area contributed by atoms with Crippen LogP contribution in [0.1, 0.15) is 25.7 Å². The summed E-state index contributed by atoms with van der Waals surface area (Å²) < 4.78 is 18.3. The summed E-state index contributed by atoms with van der Waals surface area (Å²) in [4.78, 5) is 2.57. The first-order valence-electron chi connectivity index (χ1n) is 7.53. The standard InChI is InChI=1S/C16H24FNOS.ClH/c17-15-5-7-16(8-6-15)19-12-4-2-1-3-9-18-10-13-20-14-11-18;/h5-8H,1-4,9-14H2;1H. The fourth-order valence-electron chi connectivity index (χ4n) is 2.34. The van der Waals surface area contributed by atoms with E-state index >= 15 is 0 Å². The fraction of sp³-hybridized carbons (Fsp3) is 0.625. The number of thioether (sulfide) groups is 1. The Morgan fingerprint density at radius 2 is 1.67 bits per heavy atom. The summed E-state index contributed by atoms with van der Waals surface area (Å²) in [5.41, 5.74) is 0. The van der Waals surface area contributed by atoms with E-state index in [9.17, 15) is 4.39 Å². The first-order chi connectivity index (χ1) is 9.84. The van der Waals surface area contributed by atoms with Crippen LogP contribution >= 0.6 is 24.2 Å². The van der Waals surface area contributed by atoms with Gasteiger partial charge in [-0.15, -0.1) is 12.4 Å². The molecule has 0 aliphatic carbocycles. The summed E-state index contributed by atoms with van der Waals surface area (Å²) in [6.45, 7) is 4.50. The first kappa shape index (κ1) is 18.6. The zero-order valence-corrected chi connectivity index (χ0v) is 14.1. The van der Waals surface area contributed by atoms with Crippen molar-refractivity contribution >= 4 is 24.2 Å². The molecule has 0 radical (unpaired) electrons. The molecule has 21 heavy (non-hydrogen) atoms. The molecule has 1 aromatic carbocycles. The minimum absolute atomic E-state index is 0. The van der Waals surface area contributed by atoms with Crippen molar-refractivity contribution in [1.82, 2.24) is 4.90 Å². The second kappa shape index (κ2) is 11.2. The lowest BCUT2D eigenvalue weighted by atomic mass is 10.2. The topological polar surface area (TPSA) is 12.5 Å². The van der Waals surface area contributed by atoms with Gasteiger partial charge in [0.05, 0.1) is 6.61 Å². The summed E-state index contributed by atoms with van der Waals surface area (Å²) in [5.74, 6) is 3.14. The predicted molar refractivity (Wildman–Crippen MR) is 91.4 cm³/mol. The third kappa shape index (κ3) is 7.93. The summed E-state index contributed by atoms with van der Waals surface area (Å²) >= 11 is 2.07. The Bertz CT molecular complexity index is 371. The highest BCUT2D eigenvalue weighted by Gasteiger charge is 2.08. The normalized spacial score (nSPS) is 15.5. The average molecular weight is 334 g/mol. The molecule has 0 spiro atoms. The molecule has 0 bridgehead atoms.